The van der Waals surface area contributed by atoms with Crippen molar-refractivity contribution in [3.05, 3.63) is 53.1 Å². The summed E-state index contributed by atoms with van der Waals surface area (Å²) in [4.78, 5) is 13.6. The summed E-state index contributed by atoms with van der Waals surface area (Å²) >= 11 is 0. The predicted octanol–water partition coefficient (Wildman–Crippen LogP) is 2.71. The van der Waals surface area contributed by atoms with Crippen LogP contribution in [-0.4, -0.2) is 13.0 Å². The average Bonchev–Trinajstić information content (AvgIpc) is 2.76. The van der Waals surface area contributed by atoms with Gasteiger partial charge in [-0.3, -0.25) is 4.79 Å². The Labute approximate surface area is 124 Å². The van der Waals surface area contributed by atoms with Crippen molar-refractivity contribution >= 4 is 23.0 Å². The number of rotatable bonds is 3. The van der Waals surface area contributed by atoms with Gasteiger partial charge in [-0.25, -0.2) is 0 Å². The Hall–Kier alpha value is -2.49. The summed E-state index contributed by atoms with van der Waals surface area (Å²) < 4.78 is 0. The first kappa shape index (κ1) is 13.5. The van der Waals surface area contributed by atoms with Crippen LogP contribution in [0.4, 0.5) is 17.1 Å². The number of fused-ring (bicyclic) bond motifs is 1. The number of nitrogens with two attached hydrogens (primary N) is 1. The van der Waals surface area contributed by atoms with Gasteiger partial charge in [0.2, 0.25) is 5.91 Å². The van der Waals surface area contributed by atoms with Crippen LogP contribution >= 0.6 is 0 Å². The SMILES string of the molecule is Cc1cccc(CN(C)c2cc3c(cc2N)CC(=O)N3)c1. The quantitative estimate of drug-likeness (QED) is 0.850. The number of nitrogens with one attached hydrogen (secondary N) is 1. The molecule has 2 aromatic rings. The molecule has 0 radical (unpaired) electrons. The van der Waals surface area contributed by atoms with E-state index < -0.39 is 0 Å². The summed E-state index contributed by atoms with van der Waals surface area (Å²) in [5.41, 5.74) is 12.1. The summed E-state index contributed by atoms with van der Waals surface area (Å²) in [5, 5.41) is 2.87. The average molecular weight is 281 g/mol. The smallest absolute Gasteiger partial charge is 0.228 e. The zero-order valence-corrected chi connectivity index (χ0v) is 12.3. The fourth-order valence-corrected chi connectivity index (χ4v) is 2.78. The molecule has 4 heteroatoms. The number of carbonyl (C=O) groups excluding carboxylic acids is 1. The number of amides is 1. The van der Waals surface area contributed by atoms with E-state index in [1.54, 1.807) is 0 Å². The Morgan fingerprint density at radius 3 is 2.86 bits per heavy atom. The maximum absolute atomic E-state index is 11.5. The van der Waals surface area contributed by atoms with Gasteiger partial charge in [0.05, 0.1) is 17.8 Å². The Morgan fingerprint density at radius 1 is 1.29 bits per heavy atom. The number of carbonyl (C=O) groups is 1. The molecule has 21 heavy (non-hydrogen) atoms. The summed E-state index contributed by atoms with van der Waals surface area (Å²) in [6.45, 7) is 2.86. The number of hydrogen-bond acceptors (Lipinski definition) is 3. The molecule has 0 saturated carbocycles. The second-order valence-electron chi connectivity index (χ2n) is 5.64. The first-order valence-electron chi connectivity index (χ1n) is 7.02. The van der Waals surface area contributed by atoms with Gasteiger partial charge >= 0.3 is 0 Å². The molecule has 3 rings (SSSR count). The molecular weight excluding hydrogens is 262 g/mol. The molecule has 4 nitrogen and oxygen atoms in total. The lowest BCUT2D eigenvalue weighted by molar-refractivity contribution is -0.115. The number of hydrogen-bond donors (Lipinski definition) is 2. The first-order valence-corrected chi connectivity index (χ1v) is 7.02. The van der Waals surface area contributed by atoms with Crippen molar-refractivity contribution in [2.75, 3.05) is 23.0 Å². The molecule has 0 unspecified atom stereocenters. The van der Waals surface area contributed by atoms with Crippen LogP contribution in [0.15, 0.2) is 36.4 Å². The van der Waals surface area contributed by atoms with Crippen molar-refractivity contribution < 1.29 is 4.79 Å². The lowest BCUT2D eigenvalue weighted by Crippen LogP contribution is -2.18. The Bertz CT molecular complexity index is 709. The van der Waals surface area contributed by atoms with Gasteiger partial charge in [0.25, 0.3) is 0 Å². The molecule has 108 valence electrons. The van der Waals surface area contributed by atoms with Crippen molar-refractivity contribution in [2.24, 2.45) is 0 Å². The van der Waals surface area contributed by atoms with Gasteiger partial charge in [-0.05, 0) is 30.2 Å². The maximum Gasteiger partial charge on any atom is 0.228 e. The van der Waals surface area contributed by atoms with E-state index in [1.165, 1.54) is 11.1 Å². The molecule has 0 aromatic heterocycles. The predicted molar refractivity (Wildman–Crippen MR) is 86.5 cm³/mol. The molecule has 2 aromatic carbocycles. The van der Waals surface area contributed by atoms with Crippen LogP contribution in [0.3, 0.4) is 0 Å². The molecule has 3 N–H and O–H groups in total. The largest absolute Gasteiger partial charge is 0.397 e. The van der Waals surface area contributed by atoms with Crippen molar-refractivity contribution in [3.8, 4) is 0 Å². The summed E-state index contributed by atoms with van der Waals surface area (Å²) in [7, 11) is 2.01. The molecule has 0 aliphatic carbocycles. The monoisotopic (exact) mass is 281 g/mol. The molecular formula is C17H19N3O. The van der Waals surface area contributed by atoms with Gasteiger partial charge < -0.3 is 16.0 Å². The summed E-state index contributed by atoms with van der Waals surface area (Å²) in [5.74, 6) is 0.0305. The minimum atomic E-state index is 0.0305. The standard InChI is InChI=1S/C17H19N3O/c1-11-4-3-5-12(6-11)10-20(2)16-9-15-13(7-14(16)18)8-17(21)19-15/h3-7,9H,8,10,18H2,1-2H3,(H,19,21). The second-order valence-corrected chi connectivity index (χ2v) is 5.64. The lowest BCUT2D eigenvalue weighted by atomic mass is 10.1. The van der Waals surface area contributed by atoms with Gasteiger partial charge in [0.15, 0.2) is 0 Å². The highest BCUT2D eigenvalue weighted by Gasteiger charge is 2.20. The van der Waals surface area contributed by atoms with Gasteiger partial charge in [0.1, 0.15) is 0 Å². The summed E-state index contributed by atoms with van der Waals surface area (Å²) in [6.07, 6.45) is 0.418. The van der Waals surface area contributed by atoms with Gasteiger partial charge in [-0.2, -0.15) is 0 Å². The Balaban J connectivity index is 1.87. The normalized spacial score (nSPS) is 13.0. The fraction of sp³-hybridized carbons (Fsp3) is 0.235. The third kappa shape index (κ3) is 2.70. The van der Waals surface area contributed by atoms with Crippen molar-refractivity contribution in [1.29, 1.82) is 0 Å². The van der Waals surface area contributed by atoms with E-state index in [-0.39, 0.29) is 5.91 Å². The molecule has 0 spiro atoms. The minimum absolute atomic E-state index is 0.0305. The molecule has 0 saturated heterocycles. The zero-order chi connectivity index (χ0) is 15.0. The van der Waals surface area contributed by atoms with E-state index in [2.05, 4.69) is 41.4 Å². The van der Waals surface area contributed by atoms with Gasteiger partial charge in [-0.15, -0.1) is 0 Å². The van der Waals surface area contributed by atoms with Crippen molar-refractivity contribution in [1.82, 2.24) is 0 Å². The number of nitrogen functional groups attached to an aromatic ring is 1. The van der Waals surface area contributed by atoms with Crippen LogP contribution in [0.2, 0.25) is 0 Å². The van der Waals surface area contributed by atoms with Gasteiger partial charge in [-0.1, -0.05) is 29.8 Å². The molecule has 0 bridgehead atoms. The molecule has 0 atom stereocenters. The maximum atomic E-state index is 11.5. The number of aryl methyl sites for hydroxylation is 1. The van der Waals surface area contributed by atoms with Crippen molar-refractivity contribution in [3.63, 3.8) is 0 Å². The number of anilines is 3. The topological polar surface area (TPSA) is 58.4 Å². The van der Waals surface area contributed by atoms with Crippen LogP contribution in [0.5, 0.6) is 0 Å². The summed E-state index contributed by atoms with van der Waals surface area (Å²) in [6, 6.07) is 12.3. The highest BCUT2D eigenvalue weighted by Crippen LogP contribution is 2.33. The molecule has 1 amide bonds. The van der Waals surface area contributed by atoms with Crippen LogP contribution in [0.1, 0.15) is 16.7 Å². The van der Waals surface area contributed by atoms with Crippen LogP contribution in [-0.2, 0) is 17.8 Å². The van der Waals surface area contributed by atoms with E-state index in [0.29, 0.717) is 12.1 Å². The van der Waals surface area contributed by atoms with Crippen LogP contribution in [0.25, 0.3) is 0 Å². The molecule has 1 aliphatic heterocycles. The third-order valence-corrected chi connectivity index (χ3v) is 3.79. The van der Waals surface area contributed by atoms with E-state index in [4.69, 9.17) is 5.73 Å². The number of benzene rings is 2. The fourth-order valence-electron chi connectivity index (χ4n) is 2.78. The first-order chi connectivity index (χ1) is 10.0. The zero-order valence-electron chi connectivity index (χ0n) is 12.3. The van der Waals surface area contributed by atoms with Crippen LogP contribution in [0, 0.1) is 6.92 Å². The molecule has 1 heterocycles. The van der Waals surface area contributed by atoms with Crippen LogP contribution < -0.4 is 16.0 Å². The minimum Gasteiger partial charge on any atom is -0.397 e. The van der Waals surface area contributed by atoms with E-state index in [0.717, 1.165) is 23.5 Å². The van der Waals surface area contributed by atoms with E-state index in [1.807, 2.05) is 19.2 Å². The molecule has 1 aliphatic rings. The van der Waals surface area contributed by atoms with Gasteiger partial charge in [0, 0.05) is 19.3 Å². The highest BCUT2D eigenvalue weighted by atomic mass is 16.1. The number of nitrogens with zero attached hydrogens (tertiary/aromatic N) is 1. The van der Waals surface area contributed by atoms with E-state index >= 15 is 0 Å². The third-order valence-electron chi connectivity index (χ3n) is 3.79. The van der Waals surface area contributed by atoms with E-state index in [9.17, 15) is 4.79 Å². The second kappa shape index (κ2) is 5.13. The lowest BCUT2D eigenvalue weighted by Gasteiger charge is -2.22. The molecule has 0 fully saturated rings. The Morgan fingerprint density at radius 2 is 2.10 bits per heavy atom. The Kier molecular flexibility index (Phi) is 3.29. The van der Waals surface area contributed by atoms with Crippen molar-refractivity contribution in [2.45, 2.75) is 19.9 Å². The highest BCUT2D eigenvalue weighted by molar-refractivity contribution is 6.00.